The van der Waals surface area contributed by atoms with E-state index in [1.54, 1.807) is 0 Å². The minimum atomic E-state index is -0.225. The first kappa shape index (κ1) is 21.7. The van der Waals surface area contributed by atoms with Gasteiger partial charge in [0.25, 0.3) is 5.56 Å². The monoisotopic (exact) mass is 423 g/mol. The maximum atomic E-state index is 13.4. The largest absolute Gasteiger partial charge is 0.322 e. The van der Waals surface area contributed by atoms with E-state index in [0.717, 1.165) is 60.2 Å². The summed E-state index contributed by atoms with van der Waals surface area (Å²) in [6.07, 6.45) is 3.19. The lowest BCUT2D eigenvalue weighted by Gasteiger charge is -2.34. The first-order chi connectivity index (χ1) is 14.7. The van der Waals surface area contributed by atoms with Crippen LogP contribution in [0.3, 0.4) is 0 Å². The third-order valence-electron chi connectivity index (χ3n) is 7.41. The molecule has 1 atom stereocenters. The van der Waals surface area contributed by atoms with Crippen molar-refractivity contribution >= 4 is 10.9 Å². The van der Waals surface area contributed by atoms with Gasteiger partial charge >= 0.3 is 0 Å². The summed E-state index contributed by atoms with van der Waals surface area (Å²) in [5.41, 5.74) is 3.70. The van der Waals surface area contributed by atoms with Gasteiger partial charge in [0.2, 0.25) is 5.82 Å². The van der Waals surface area contributed by atoms with Crippen molar-refractivity contribution in [2.24, 2.45) is 5.92 Å². The molecule has 166 valence electrons. The molecular formula is C24H35N6O+. The Kier molecular flexibility index (Phi) is 5.73. The Morgan fingerprint density at radius 2 is 1.97 bits per heavy atom. The maximum Gasteiger partial charge on any atom is 0.258 e. The molecule has 0 spiro atoms. The topological polar surface area (TPSA) is 80.9 Å². The van der Waals surface area contributed by atoms with E-state index in [1.165, 1.54) is 10.5 Å². The molecule has 3 aromatic rings. The summed E-state index contributed by atoms with van der Waals surface area (Å²) in [5, 5.41) is 13.9. The van der Waals surface area contributed by atoms with Crippen molar-refractivity contribution in [2.75, 3.05) is 13.1 Å². The van der Waals surface area contributed by atoms with E-state index in [1.807, 2.05) is 4.68 Å². The number of aryl methyl sites for hydroxylation is 2. The SMILES string of the molecule is CCC(C)(C)n1nnnc1[C@H](c1cc2ccc(C)c(C)c2[nH]c1=O)[NH+]1CCC(C)CC1. The second-order valence-corrected chi connectivity index (χ2v) is 9.91. The summed E-state index contributed by atoms with van der Waals surface area (Å²) in [4.78, 5) is 18.0. The molecular weight excluding hydrogens is 388 g/mol. The predicted octanol–water partition coefficient (Wildman–Crippen LogP) is 2.68. The summed E-state index contributed by atoms with van der Waals surface area (Å²) >= 11 is 0. The van der Waals surface area contributed by atoms with Crippen molar-refractivity contribution in [3.05, 3.63) is 51.1 Å². The molecule has 3 heterocycles. The number of piperidine rings is 1. The number of nitrogens with zero attached hydrogens (tertiary/aromatic N) is 4. The number of hydrogen-bond acceptors (Lipinski definition) is 4. The van der Waals surface area contributed by atoms with Crippen LogP contribution in [0.25, 0.3) is 10.9 Å². The normalized spacial score (nSPS) is 20.8. The molecule has 1 saturated heterocycles. The van der Waals surface area contributed by atoms with Crippen molar-refractivity contribution in [3.8, 4) is 0 Å². The van der Waals surface area contributed by atoms with Crippen LogP contribution in [0.1, 0.15) is 75.5 Å². The van der Waals surface area contributed by atoms with Crippen LogP contribution in [-0.2, 0) is 5.54 Å². The number of aromatic nitrogens is 5. The van der Waals surface area contributed by atoms with Gasteiger partial charge in [-0.2, -0.15) is 0 Å². The van der Waals surface area contributed by atoms with Gasteiger partial charge in [0.1, 0.15) is 0 Å². The highest BCUT2D eigenvalue weighted by atomic mass is 16.1. The molecule has 4 rings (SSSR count). The summed E-state index contributed by atoms with van der Waals surface area (Å²) < 4.78 is 1.94. The van der Waals surface area contributed by atoms with Gasteiger partial charge in [0.15, 0.2) is 6.04 Å². The molecule has 2 N–H and O–H groups in total. The number of hydrogen-bond donors (Lipinski definition) is 2. The quantitative estimate of drug-likeness (QED) is 0.661. The molecule has 0 unspecified atom stereocenters. The number of benzene rings is 1. The van der Waals surface area contributed by atoms with E-state index in [4.69, 9.17) is 0 Å². The molecule has 1 aliphatic rings. The third kappa shape index (κ3) is 3.91. The van der Waals surface area contributed by atoms with E-state index in [-0.39, 0.29) is 17.1 Å². The lowest BCUT2D eigenvalue weighted by Crippen LogP contribution is -3.13. The minimum Gasteiger partial charge on any atom is -0.322 e. The van der Waals surface area contributed by atoms with Crippen molar-refractivity contribution in [1.82, 2.24) is 25.2 Å². The molecule has 1 aromatic carbocycles. The van der Waals surface area contributed by atoms with Gasteiger partial charge in [-0.1, -0.05) is 26.0 Å². The third-order valence-corrected chi connectivity index (χ3v) is 7.41. The Hall–Kier alpha value is -2.54. The van der Waals surface area contributed by atoms with Gasteiger partial charge in [-0.3, -0.25) is 4.79 Å². The summed E-state index contributed by atoms with van der Waals surface area (Å²) in [5.74, 6) is 1.50. The number of aromatic amines is 1. The molecule has 7 heteroatoms. The smallest absolute Gasteiger partial charge is 0.258 e. The van der Waals surface area contributed by atoms with Crippen LogP contribution >= 0.6 is 0 Å². The molecule has 1 fully saturated rings. The average molecular weight is 424 g/mol. The number of tetrazole rings is 1. The van der Waals surface area contributed by atoms with Crippen molar-refractivity contribution in [3.63, 3.8) is 0 Å². The zero-order valence-electron chi connectivity index (χ0n) is 19.6. The number of likely N-dealkylation sites (tertiary alicyclic amines) is 1. The number of quaternary nitrogens is 1. The van der Waals surface area contributed by atoms with Gasteiger partial charge in [0, 0.05) is 0 Å². The lowest BCUT2D eigenvalue weighted by molar-refractivity contribution is -0.932. The average Bonchev–Trinajstić information content (AvgIpc) is 3.24. The molecule has 0 aliphatic carbocycles. The molecule has 0 bridgehead atoms. The standard InChI is InChI=1S/C24H34N6O/c1-7-24(5,6)30-22(26-27-28-30)21(29-12-10-15(2)11-13-29)19-14-18-9-8-16(3)17(4)20(18)25-23(19)31/h8-9,14-15,21H,7,10-13H2,1-6H3,(H,25,31)/p+1/t21-/m0/s1. The van der Waals surface area contributed by atoms with Crippen molar-refractivity contribution < 1.29 is 4.90 Å². The molecule has 7 nitrogen and oxygen atoms in total. The molecule has 0 radical (unpaired) electrons. The predicted molar refractivity (Wildman–Crippen MR) is 122 cm³/mol. The van der Waals surface area contributed by atoms with Crippen LogP contribution in [0.2, 0.25) is 0 Å². The Labute approximate surface area is 183 Å². The number of H-pyrrole nitrogens is 1. The van der Waals surface area contributed by atoms with Crippen LogP contribution in [-0.4, -0.2) is 38.3 Å². The lowest BCUT2D eigenvalue weighted by atomic mass is 9.94. The zero-order valence-corrected chi connectivity index (χ0v) is 19.6. The van der Waals surface area contributed by atoms with E-state index >= 15 is 0 Å². The van der Waals surface area contributed by atoms with Crippen LogP contribution in [0, 0.1) is 19.8 Å². The summed E-state index contributed by atoms with van der Waals surface area (Å²) in [6.45, 7) is 14.9. The minimum absolute atomic E-state index is 0.0406. The zero-order chi connectivity index (χ0) is 22.3. The van der Waals surface area contributed by atoms with Crippen LogP contribution < -0.4 is 10.5 Å². The van der Waals surface area contributed by atoms with E-state index in [9.17, 15) is 4.79 Å². The van der Waals surface area contributed by atoms with Gasteiger partial charge in [0.05, 0.1) is 29.7 Å². The first-order valence-corrected chi connectivity index (χ1v) is 11.5. The number of pyridine rings is 1. The molecule has 1 aliphatic heterocycles. The van der Waals surface area contributed by atoms with Crippen molar-refractivity contribution in [2.45, 2.75) is 72.4 Å². The van der Waals surface area contributed by atoms with E-state index < -0.39 is 0 Å². The van der Waals surface area contributed by atoms with Crippen LogP contribution in [0.5, 0.6) is 0 Å². The second kappa shape index (κ2) is 8.19. The van der Waals surface area contributed by atoms with Gasteiger partial charge in [-0.15, -0.1) is 5.10 Å². The number of rotatable bonds is 5. The van der Waals surface area contributed by atoms with Gasteiger partial charge in [-0.05, 0) is 85.9 Å². The highest BCUT2D eigenvalue weighted by Crippen LogP contribution is 2.26. The molecule has 0 saturated carbocycles. The molecule has 0 amide bonds. The number of fused-ring (bicyclic) bond motifs is 1. The fourth-order valence-corrected chi connectivity index (χ4v) is 4.67. The second-order valence-electron chi connectivity index (χ2n) is 9.91. The van der Waals surface area contributed by atoms with E-state index in [0.29, 0.717) is 5.92 Å². The highest BCUT2D eigenvalue weighted by molar-refractivity contribution is 5.83. The number of nitrogens with one attached hydrogen (secondary N) is 2. The van der Waals surface area contributed by atoms with Crippen LogP contribution in [0.4, 0.5) is 0 Å². The molecule has 2 aromatic heterocycles. The van der Waals surface area contributed by atoms with Crippen LogP contribution in [0.15, 0.2) is 23.0 Å². The Balaban J connectivity index is 1.91. The Morgan fingerprint density at radius 3 is 2.65 bits per heavy atom. The Bertz CT molecular complexity index is 1140. The fraction of sp³-hybridized carbons (Fsp3) is 0.583. The van der Waals surface area contributed by atoms with Gasteiger partial charge < -0.3 is 9.88 Å². The van der Waals surface area contributed by atoms with Crippen molar-refractivity contribution in [1.29, 1.82) is 0 Å². The highest BCUT2D eigenvalue weighted by Gasteiger charge is 2.38. The molecule has 31 heavy (non-hydrogen) atoms. The fourth-order valence-electron chi connectivity index (χ4n) is 4.67. The van der Waals surface area contributed by atoms with Gasteiger partial charge in [-0.25, -0.2) is 4.68 Å². The summed E-state index contributed by atoms with van der Waals surface area (Å²) in [7, 11) is 0. The van der Waals surface area contributed by atoms with E-state index in [2.05, 4.69) is 80.3 Å². The maximum absolute atomic E-state index is 13.4. The Morgan fingerprint density at radius 1 is 1.26 bits per heavy atom. The summed E-state index contributed by atoms with van der Waals surface area (Å²) in [6, 6.07) is 6.09. The first-order valence-electron chi connectivity index (χ1n) is 11.5.